The van der Waals surface area contributed by atoms with Gasteiger partial charge in [-0.1, -0.05) is 13.8 Å². The lowest BCUT2D eigenvalue weighted by molar-refractivity contribution is -0.118. The van der Waals surface area contributed by atoms with Crippen molar-refractivity contribution < 1.29 is 22.7 Å². The van der Waals surface area contributed by atoms with Gasteiger partial charge < -0.3 is 10.1 Å². The summed E-state index contributed by atoms with van der Waals surface area (Å²) in [5.41, 5.74) is 1.72. The van der Waals surface area contributed by atoms with Gasteiger partial charge in [-0.25, -0.2) is 13.2 Å². The van der Waals surface area contributed by atoms with Gasteiger partial charge in [0, 0.05) is 10.8 Å². The molecule has 0 aromatic heterocycles. The molecule has 7 nitrogen and oxygen atoms in total. The molecule has 0 spiro atoms. The lowest BCUT2D eigenvalue weighted by Gasteiger charge is -2.15. The Morgan fingerprint density at radius 1 is 1.10 bits per heavy atom. The van der Waals surface area contributed by atoms with Gasteiger partial charge in [-0.15, -0.1) is 11.8 Å². The van der Waals surface area contributed by atoms with Gasteiger partial charge in [0.05, 0.1) is 28.4 Å². The zero-order chi connectivity index (χ0) is 22.5. The standard InChI is InChI=1S/C21H26N2O5S2/c1-6-28-21(25)15-7-9-17(14(4)11-15)23-30(26,27)16-8-10-19(29-5)18(12-16)22-20(24)13(2)3/h7-13,23H,6H2,1-5H3,(H,22,24). The highest BCUT2D eigenvalue weighted by Crippen LogP contribution is 2.30. The number of sulfonamides is 1. The fraction of sp³-hybridized carbons (Fsp3) is 0.333. The molecule has 0 heterocycles. The first-order chi connectivity index (χ1) is 14.1. The summed E-state index contributed by atoms with van der Waals surface area (Å²) in [4.78, 5) is 24.7. The summed E-state index contributed by atoms with van der Waals surface area (Å²) in [7, 11) is -3.91. The van der Waals surface area contributed by atoms with Crippen LogP contribution in [0.25, 0.3) is 0 Å². The number of rotatable bonds is 8. The van der Waals surface area contributed by atoms with Crippen molar-refractivity contribution in [3.63, 3.8) is 0 Å². The number of hydrogen-bond donors (Lipinski definition) is 2. The SMILES string of the molecule is CCOC(=O)c1ccc(NS(=O)(=O)c2ccc(SC)c(NC(=O)C(C)C)c2)c(C)c1. The fourth-order valence-corrected chi connectivity index (χ4v) is 4.24. The Morgan fingerprint density at radius 2 is 1.80 bits per heavy atom. The van der Waals surface area contributed by atoms with E-state index in [0.717, 1.165) is 4.90 Å². The molecular weight excluding hydrogens is 424 g/mol. The second-order valence-corrected chi connectivity index (χ2v) is 9.39. The number of carbonyl (C=O) groups is 2. The number of carbonyl (C=O) groups excluding carboxylic acids is 2. The molecule has 0 aliphatic heterocycles. The third kappa shape index (κ3) is 5.76. The Labute approximate surface area is 181 Å². The van der Waals surface area contributed by atoms with E-state index in [0.29, 0.717) is 22.5 Å². The number of benzene rings is 2. The van der Waals surface area contributed by atoms with Crippen molar-refractivity contribution in [2.75, 3.05) is 22.9 Å². The lowest BCUT2D eigenvalue weighted by Crippen LogP contribution is -2.19. The molecule has 0 unspecified atom stereocenters. The van der Waals surface area contributed by atoms with Crippen molar-refractivity contribution in [1.29, 1.82) is 0 Å². The van der Waals surface area contributed by atoms with E-state index < -0.39 is 16.0 Å². The van der Waals surface area contributed by atoms with E-state index in [1.165, 1.54) is 36.0 Å². The Balaban J connectivity index is 2.33. The summed E-state index contributed by atoms with van der Waals surface area (Å²) in [6.07, 6.45) is 1.85. The molecule has 1 amide bonds. The van der Waals surface area contributed by atoms with Crippen molar-refractivity contribution >= 4 is 45.0 Å². The van der Waals surface area contributed by atoms with Crippen LogP contribution in [0.2, 0.25) is 0 Å². The molecule has 2 aromatic rings. The second kappa shape index (κ2) is 9.99. The normalized spacial score (nSPS) is 11.3. The quantitative estimate of drug-likeness (QED) is 0.460. The first-order valence-electron chi connectivity index (χ1n) is 9.38. The molecule has 0 saturated heterocycles. The highest BCUT2D eigenvalue weighted by molar-refractivity contribution is 7.98. The van der Waals surface area contributed by atoms with Crippen LogP contribution >= 0.6 is 11.8 Å². The molecule has 2 rings (SSSR count). The summed E-state index contributed by atoms with van der Waals surface area (Å²) in [6.45, 7) is 7.20. The van der Waals surface area contributed by atoms with Crippen LogP contribution in [-0.4, -0.2) is 33.2 Å². The third-order valence-electron chi connectivity index (χ3n) is 4.25. The van der Waals surface area contributed by atoms with E-state index in [4.69, 9.17) is 4.74 Å². The lowest BCUT2D eigenvalue weighted by atomic mass is 10.1. The van der Waals surface area contributed by atoms with Gasteiger partial charge in [0.2, 0.25) is 5.91 Å². The molecule has 0 fully saturated rings. The van der Waals surface area contributed by atoms with E-state index >= 15 is 0 Å². The number of thioether (sulfide) groups is 1. The van der Waals surface area contributed by atoms with Gasteiger partial charge in [-0.3, -0.25) is 9.52 Å². The van der Waals surface area contributed by atoms with Gasteiger partial charge in [0.1, 0.15) is 0 Å². The van der Waals surface area contributed by atoms with E-state index in [1.54, 1.807) is 39.8 Å². The van der Waals surface area contributed by atoms with Crippen LogP contribution in [0.3, 0.4) is 0 Å². The first-order valence-corrected chi connectivity index (χ1v) is 12.1. The first kappa shape index (κ1) is 23.8. The Morgan fingerprint density at radius 3 is 2.37 bits per heavy atom. The van der Waals surface area contributed by atoms with Gasteiger partial charge in [-0.2, -0.15) is 0 Å². The average molecular weight is 451 g/mol. The van der Waals surface area contributed by atoms with Crippen LogP contribution in [0, 0.1) is 12.8 Å². The maximum absolute atomic E-state index is 12.9. The molecule has 9 heteroatoms. The predicted molar refractivity (Wildman–Crippen MR) is 120 cm³/mol. The number of ether oxygens (including phenoxy) is 1. The number of amides is 1. The van der Waals surface area contributed by atoms with Crippen molar-refractivity contribution in [1.82, 2.24) is 0 Å². The van der Waals surface area contributed by atoms with E-state index in [-0.39, 0.29) is 23.3 Å². The van der Waals surface area contributed by atoms with Gasteiger partial charge >= 0.3 is 5.97 Å². The van der Waals surface area contributed by atoms with Gasteiger partial charge in [-0.05, 0) is 62.1 Å². The summed E-state index contributed by atoms with van der Waals surface area (Å²) in [5, 5.41) is 2.78. The Bertz CT molecular complexity index is 1050. The minimum absolute atomic E-state index is 0.0215. The maximum atomic E-state index is 12.9. The topological polar surface area (TPSA) is 102 Å². The van der Waals surface area contributed by atoms with Crippen molar-refractivity contribution in [2.45, 2.75) is 37.5 Å². The molecule has 0 atom stereocenters. The molecule has 0 saturated carbocycles. The molecule has 30 heavy (non-hydrogen) atoms. The molecule has 2 N–H and O–H groups in total. The summed E-state index contributed by atoms with van der Waals surface area (Å²) >= 11 is 1.41. The minimum Gasteiger partial charge on any atom is -0.462 e. The Kier molecular flexibility index (Phi) is 7.91. The fourth-order valence-electron chi connectivity index (χ4n) is 2.55. The largest absolute Gasteiger partial charge is 0.462 e. The highest BCUT2D eigenvalue weighted by atomic mass is 32.2. The number of hydrogen-bond acceptors (Lipinski definition) is 6. The predicted octanol–water partition coefficient (Wildman–Crippen LogP) is 4.29. The average Bonchev–Trinajstić information content (AvgIpc) is 2.69. The molecule has 0 radical (unpaired) electrons. The minimum atomic E-state index is -3.91. The molecule has 0 aliphatic rings. The van der Waals surface area contributed by atoms with Gasteiger partial charge in [0.15, 0.2) is 0 Å². The third-order valence-corrected chi connectivity index (χ3v) is 6.40. The summed E-state index contributed by atoms with van der Waals surface area (Å²) in [6, 6.07) is 9.19. The molecule has 162 valence electrons. The van der Waals surface area contributed by atoms with Crippen LogP contribution in [0.4, 0.5) is 11.4 Å². The van der Waals surface area contributed by atoms with Crippen LogP contribution in [-0.2, 0) is 19.6 Å². The smallest absolute Gasteiger partial charge is 0.338 e. The second-order valence-electron chi connectivity index (χ2n) is 6.86. The number of esters is 1. The monoisotopic (exact) mass is 450 g/mol. The molecule has 2 aromatic carbocycles. The van der Waals surface area contributed by atoms with E-state index in [2.05, 4.69) is 10.0 Å². The maximum Gasteiger partial charge on any atom is 0.338 e. The van der Waals surface area contributed by atoms with Gasteiger partial charge in [0.25, 0.3) is 10.0 Å². The molecule has 0 bridgehead atoms. The summed E-state index contributed by atoms with van der Waals surface area (Å²) < 4.78 is 33.4. The van der Waals surface area contributed by atoms with Crippen LogP contribution in [0.1, 0.15) is 36.7 Å². The van der Waals surface area contributed by atoms with E-state index in [9.17, 15) is 18.0 Å². The van der Waals surface area contributed by atoms with Crippen LogP contribution in [0.15, 0.2) is 46.2 Å². The number of anilines is 2. The van der Waals surface area contributed by atoms with Crippen LogP contribution in [0.5, 0.6) is 0 Å². The van der Waals surface area contributed by atoms with Crippen molar-refractivity contribution in [3.05, 3.63) is 47.5 Å². The zero-order valence-electron chi connectivity index (χ0n) is 17.6. The summed E-state index contributed by atoms with van der Waals surface area (Å²) in [5.74, 6) is -0.898. The number of aryl methyl sites for hydroxylation is 1. The zero-order valence-corrected chi connectivity index (χ0v) is 19.2. The van der Waals surface area contributed by atoms with E-state index in [1.807, 2.05) is 6.26 Å². The van der Waals surface area contributed by atoms with Crippen molar-refractivity contribution in [3.8, 4) is 0 Å². The van der Waals surface area contributed by atoms with Crippen LogP contribution < -0.4 is 10.0 Å². The number of nitrogens with one attached hydrogen (secondary N) is 2. The highest BCUT2D eigenvalue weighted by Gasteiger charge is 2.19. The Hall–Kier alpha value is -2.52. The molecular formula is C21H26N2O5S2. The molecule has 0 aliphatic carbocycles. The van der Waals surface area contributed by atoms with Crippen molar-refractivity contribution in [2.24, 2.45) is 5.92 Å².